The van der Waals surface area contributed by atoms with Gasteiger partial charge in [-0.1, -0.05) is 25.7 Å². The van der Waals surface area contributed by atoms with Crippen molar-refractivity contribution >= 4 is 29.5 Å². The minimum atomic E-state index is -0.549. The van der Waals surface area contributed by atoms with Gasteiger partial charge < -0.3 is 9.64 Å². The van der Waals surface area contributed by atoms with Gasteiger partial charge in [0.05, 0.1) is 13.2 Å². The van der Waals surface area contributed by atoms with Crippen molar-refractivity contribution in [2.45, 2.75) is 68.8 Å². The van der Waals surface area contributed by atoms with E-state index in [1.54, 1.807) is 4.90 Å². The molecule has 2 fully saturated rings. The molecule has 3 aliphatic rings. The first-order valence-corrected chi connectivity index (χ1v) is 13.3. The molecule has 3 aliphatic heterocycles. The van der Waals surface area contributed by atoms with Crippen LogP contribution >= 0.6 is 11.8 Å². The van der Waals surface area contributed by atoms with E-state index in [2.05, 4.69) is 16.3 Å². The van der Waals surface area contributed by atoms with Crippen molar-refractivity contribution in [2.24, 2.45) is 0 Å². The van der Waals surface area contributed by atoms with Crippen LogP contribution in [0.5, 0.6) is 0 Å². The van der Waals surface area contributed by atoms with Gasteiger partial charge in [0.15, 0.2) is 0 Å². The van der Waals surface area contributed by atoms with Crippen LogP contribution in [0.2, 0.25) is 0 Å². The van der Waals surface area contributed by atoms with E-state index in [1.165, 1.54) is 50.0 Å². The predicted octanol–water partition coefficient (Wildman–Crippen LogP) is 3.21. The standard InChI is InChI=1S/C25H35N3O4S/c29-23-10-9-22(24(30)26-23)28-18-19-17-20(7-8-21(19)25(28)31)33-16-6-4-2-1-3-5-11-27-12-14-32-15-13-27/h7-8,17,22H,1-6,9-16,18H2,(H,26,29,30). The summed E-state index contributed by atoms with van der Waals surface area (Å²) in [5, 5.41) is 2.35. The molecule has 7 nitrogen and oxygen atoms in total. The predicted molar refractivity (Wildman–Crippen MR) is 128 cm³/mol. The molecule has 0 radical (unpaired) electrons. The number of amides is 3. The molecule has 1 unspecified atom stereocenters. The van der Waals surface area contributed by atoms with Crippen LogP contribution in [0.25, 0.3) is 0 Å². The number of nitrogens with zero attached hydrogens (tertiary/aromatic N) is 2. The summed E-state index contributed by atoms with van der Waals surface area (Å²) in [6.07, 6.45) is 8.36. The first kappa shape index (κ1) is 24.2. The molecule has 4 rings (SSSR count). The average Bonchev–Trinajstić information content (AvgIpc) is 3.14. The molecule has 0 aliphatic carbocycles. The molecular weight excluding hydrogens is 438 g/mol. The molecule has 0 bridgehead atoms. The van der Waals surface area contributed by atoms with Gasteiger partial charge >= 0.3 is 0 Å². The van der Waals surface area contributed by atoms with Gasteiger partial charge in [-0.2, -0.15) is 0 Å². The molecular formula is C25H35N3O4S. The van der Waals surface area contributed by atoms with E-state index in [9.17, 15) is 14.4 Å². The highest BCUT2D eigenvalue weighted by atomic mass is 32.2. The first-order chi connectivity index (χ1) is 16.1. The van der Waals surface area contributed by atoms with Gasteiger partial charge in [-0.25, -0.2) is 0 Å². The Labute approximate surface area is 200 Å². The summed E-state index contributed by atoms with van der Waals surface area (Å²) in [5.41, 5.74) is 1.66. The highest BCUT2D eigenvalue weighted by Gasteiger charge is 2.39. The lowest BCUT2D eigenvalue weighted by Gasteiger charge is -2.29. The van der Waals surface area contributed by atoms with Gasteiger partial charge in [0, 0.05) is 36.5 Å². The molecule has 8 heteroatoms. The van der Waals surface area contributed by atoms with E-state index in [1.807, 2.05) is 23.9 Å². The fourth-order valence-corrected chi connectivity index (χ4v) is 5.77. The number of carbonyl (C=O) groups excluding carboxylic acids is 3. The third-order valence-electron chi connectivity index (χ3n) is 6.74. The van der Waals surface area contributed by atoms with E-state index in [4.69, 9.17) is 4.74 Å². The molecule has 0 spiro atoms. The van der Waals surface area contributed by atoms with Gasteiger partial charge in [-0.3, -0.25) is 24.6 Å². The van der Waals surface area contributed by atoms with Gasteiger partial charge in [0.2, 0.25) is 11.8 Å². The Kier molecular flexibility index (Phi) is 8.81. The quantitative estimate of drug-likeness (QED) is 0.302. The van der Waals surface area contributed by atoms with Crippen LogP contribution in [0.3, 0.4) is 0 Å². The van der Waals surface area contributed by atoms with E-state index < -0.39 is 6.04 Å². The monoisotopic (exact) mass is 473 g/mol. The number of fused-ring (bicyclic) bond motifs is 1. The smallest absolute Gasteiger partial charge is 0.255 e. The molecule has 1 aromatic rings. The van der Waals surface area contributed by atoms with Crippen molar-refractivity contribution in [3.63, 3.8) is 0 Å². The van der Waals surface area contributed by atoms with Gasteiger partial charge in [-0.05, 0) is 55.3 Å². The van der Waals surface area contributed by atoms with Crippen LogP contribution in [0, 0.1) is 0 Å². The Morgan fingerprint density at radius 1 is 1.00 bits per heavy atom. The maximum atomic E-state index is 12.8. The zero-order chi connectivity index (χ0) is 23.0. The number of hydrogen-bond donors (Lipinski definition) is 1. The number of hydrogen-bond acceptors (Lipinski definition) is 6. The number of imide groups is 1. The third kappa shape index (κ3) is 6.58. The summed E-state index contributed by atoms with van der Waals surface area (Å²) in [6.45, 7) is 5.60. The van der Waals surface area contributed by atoms with Crippen LogP contribution < -0.4 is 5.32 Å². The Morgan fingerprint density at radius 3 is 2.55 bits per heavy atom. The van der Waals surface area contributed by atoms with E-state index in [-0.39, 0.29) is 24.1 Å². The number of piperidine rings is 1. The summed E-state index contributed by atoms with van der Waals surface area (Å²) < 4.78 is 5.39. The summed E-state index contributed by atoms with van der Waals surface area (Å²) >= 11 is 1.84. The molecule has 3 amide bonds. The number of morpholine rings is 1. The lowest BCUT2D eigenvalue weighted by molar-refractivity contribution is -0.136. The highest BCUT2D eigenvalue weighted by Crippen LogP contribution is 2.31. The molecule has 180 valence electrons. The zero-order valence-electron chi connectivity index (χ0n) is 19.4. The van der Waals surface area contributed by atoms with Crippen molar-refractivity contribution < 1.29 is 19.1 Å². The minimum Gasteiger partial charge on any atom is -0.379 e. The second-order valence-corrected chi connectivity index (χ2v) is 10.3. The Bertz CT molecular complexity index is 856. The van der Waals surface area contributed by atoms with Crippen LogP contribution in [0.15, 0.2) is 23.1 Å². The number of thioether (sulfide) groups is 1. The normalized spacial score (nSPS) is 21.4. The van der Waals surface area contributed by atoms with Crippen molar-refractivity contribution in [2.75, 3.05) is 38.6 Å². The fraction of sp³-hybridized carbons (Fsp3) is 0.640. The van der Waals surface area contributed by atoms with Crippen LogP contribution in [-0.4, -0.2) is 72.2 Å². The number of benzene rings is 1. The maximum Gasteiger partial charge on any atom is 0.255 e. The third-order valence-corrected chi connectivity index (χ3v) is 7.82. The van der Waals surface area contributed by atoms with Gasteiger partial charge in [0.25, 0.3) is 5.91 Å². The van der Waals surface area contributed by atoms with E-state index in [0.29, 0.717) is 18.5 Å². The summed E-state index contributed by atoms with van der Waals surface area (Å²) in [7, 11) is 0. The zero-order valence-corrected chi connectivity index (χ0v) is 20.2. The van der Waals surface area contributed by atoms with Crippen molar-refractivity contribution in [1.82, 2.24) is 15.1 Å². The average molecular weight is 474 g/mol. The topological polar surface area (TPSA) is 79.0 Å². The molecule has 1 atom stereocenters. The molecule has 0 saturated carbocycles. The highest BCUT2D eigenvalue weighted by molar-refractivity contribution is 7.99. The SMILES string of the molecule is O=C1CCC(N2Cc3cc(SCCCCCCCCN4CCOCC4)ccc3C2=O)C(=O)N1. The van der Waals surface area contributed by atoms with Gasteiger partial charge in [0.1, 0.15) is 6.04 Å². The molecule has 33 heavy (non-hydrogen) atoms. The summed E-state index contributed by atoms with van der Waals surface area (Å²) in [4.78, 5) is 41.7. The minimum absolute atomic E-state index is 0.107. The Balaban J connectivity index is 1.12. The van der Waals surface area contributed by atoms with Crippen molar-refractivity contribution in [1.29, 1.82) is 0 Å². The lowest BCUT2D eigenvalue weighted by atomic mass is 10.0. The second-order valence-electron chi connectivity index (χ2n) is 9.14. The molecule has 3 heterocycles. The van der Waals surface area contributed by atoms with Crippen LogP contribution in [0.1, 0.15) is 67.3 Å². The molecule has 0 aromatic heterocycles. The Morgan fingerprint density at radius 2 is 1.76 bits per heavy atom. The number of ether oxygens (including phenoxy) is 1. The fourth-order valence-electron chi connectivity index (χ4n) is 4.80. The van der Waals surface area contributed by atoms with Crippen LogP contribution in [-0.2, 0) is 20.9 Å². The van der Waals surface area contributed by atoms with Gasteiger partial charge in [-0.15, -0.1) is 11.8 Å². The summed E-state index contributed by atoms with van der Waals surface area (Å²) in [6, 6.07) is 5.45. The molecule has 2 saturated heterocycles. The first-order valence-electron chi connectivity index (χ1n) is 12.3. The lowest BCUT2D eigenvalue weighted by Crippen LogP contribution is -2.52. The number of rotatable bonds is 11. The number of carbonyl (C=O) groups is 3. The summed E-state index contributed by atoms with van der Waals surface area (Å²) in [5.74, 6) is 0.358. The molecule has 1 N–H and O–H groups in total. The van der Waals surface area contributed by atoms with Crippen molar-refractivity contribution in [3.05, 3.63) is 29.3 Å². The largest absolute Gasteiger partial charge is 0.379 e. The van der Waals surface area contributed by atoms with E-state index >= 15 is 0 Å². The molecule has 1 aromatic carbocycles. The number of nitrogens with one attached hydrogen (secondary N) is 1. The van der Waals surface area contributed by atoms with Crippen molar-refractivity contribution in [3.8, 4) is 0 Å². The van der Waals surface area contributed by atoms with Crippen LogP contribution in [0.4, 0.5) is 0 Å². The Hall–Kier alpha value is -1.90. The maximum absolute atomic E-state index is 12.8. The van der Waals surface area contributed by atoms with E-state index in [0.717, 1.165) is 37.6 Å². The second kappa shape index (κ2) is 12.0. The number of unbranched alkanes of at least 4 members (excludes halogenated alkanes) is 5.